The third kappa shape index (κ3) is 2.33. The zero-order chi connectivity index (χ0) is 15.9. The van der Waals surface area contributed by atoms with Crippen LogP contribution in [0.3, 0.4) is 0 Å². The number of ketones is 1. The minimum absolute atomic E-state index is 0.178. The van der Waals surface area contributed by atoms with Crippen LogP contribution in [0.5, 0.6) is 11.5 Å². The second kappa shape index (κ2) is 5.61. The van der Waals surface area contributed by atoms with Crippen molar-refractivity contribution in [3.8, 4) is 11.5 Å². The molecule has 0 saturated heterocycles. The number of carbonyl (C=O) groups is 1. The molecule has 0 saturated carbocycles. The van der Waals surface area contributed by atoms with E-state index < -0.39 is 11.6 Å². The Labute approximate surface area is 130 Å². The average Bonchev–Trinajstić information content (AvgIpc) is 2.65. The summed E-state index contributed by atoms with van der Waals surface area (Å²) in [6, 6.07) is 5.31. The van der Waals surface area contributed by atoms with Gasteiger partial charge in [-0.3, -0.25) is 4.79 Å². The van der Waals surface area contributed by atoms with Crippen molar-refractivity contribution in [1.82, 2.24) is 0 Å². The summed E-state index contributed by atoms with van der Waals surface area (Å²) in [7, 11) is 2.98. The van der Waals surface area contributed by atoms with E-state index in [1.807, 2.05) is 0 Å². The molecule has 0 fully saturated rings. The van der Waals surface area contributed by atoms with Gasteiger partial charge in [0.2, 0.25) is 0 Å². The van der Waals surface area contributed by atoms with Crippen molar-refractivity contribution in [3.63, 3.8) is 0 Å². The van der Waals surface area contributed by atoms with Crippen LogP contribution in [0.2, 0.25) is 0 Å². The Bertz CT molecular complexity index is 774. The van der Waals surface area contributed by atoms with Gasteiger partial charge >= 0.3 is 0 Å². The highest BCUT2D eigenvalue weighted by Gasteiger charge is 2.25. The molecular formula is C16H12F2O3S. The van der Waals surface area contributed by atoms with Crippen LogP contribution in [-0.2, 0) is 5.75 Å². The Balaban J connectivity index is 2.19. The smallest absolute Gasteiger partial charge is 0.194 e. The molecule has 1 aliphatic heterocycles. The number of halogens is 2. The number of benzene rings is 2. The van der Waals surface area contributed by atoms with Gasteiger partial charge in [-0.2, -0.15) is 0 Å². The van der Waals surface area contributed by atoms with Crippen molar-refractivity contribution in [2.45, 2.75) is 10.6 Å². The summed E-state index contributed by atoms with van der Waals surface area (Å²) >= 11 is 1.37. The molecule has 3 nitrogen and oxygen atoms in total. The van der Waals surface area contributed by atoms with E-state index in [2.05, 4.69) is 0 Å². The molecule has 0 aromatic heterocycles. The van der Waals surface area contributed by atoms with Crippen LogP contribution in [0.4, 0.5) is 8.78 Å². The quantitative estimate of drug-likeness (QED) is 0.842. The lowest BCUT2D eigenvalue weighted by molar-refractivity contribution is 0.103. The number of thioether (sulfide) groups is 1. The third-order valence-electron chi connectivity index (χ3n) is 3.50. The maximum atomic E-state index is 13.5. The molecule has 0 spiro atoms. The van der Waals surface area contributed by atoms with Gasteiger partial charge in [0.25, 0.3) is 0 Å². The molecule has 0 unspecified atom stereocenters. The van der Waals surface area contributed by atoms with Crippen molar-refractivity contribution >= 4 is 17.5 Å². The van der Waals surface area contributed by atoms with E-state index >= 15 is 0 Å². The van der Waals surface area contributed by atoms with Crippen molar-refractivity contribution in [2.75, 3.05) is 14.2 Å². The average molecular weight is 322 g/mol. The van der Waals surface area contributed by atoms with E-state index in [9.17, 15) is 13.6 Å². The lowest BCUT2D eigenvalue weighted by atomic mass is 9.98. The van der Waals surface area contributed by atoms with Gasteiger partial charge in [-0.15, -0.1) is 11.8 Å². The van der Waals surface area contributed by atoms with Crippen LogP contribution in [-0.4, -0.2) is 20.0 Å². The Morgan fingerprint density at radius 2 is 1.59 bits per heavy atom. The molecule has 0 aliphatic carbocycles. The molecule has 0 bridgehead atoms. The topological polar surface area (TPSA) is 35.5 Å². The molecule has 6 heteroatoms. The SMILES string of the molecule is COc1cc2c(cc1OC)C(=O)c1cc(F)c(F)cc1CS2. The van der Waals surface area contributed by atoms with Crippen LogP contribution in [0.15, 0.2) is 29.2 Å². The van der Waals surface area contributed by atoms with Crippen molar-refractivity contribution < 1.29 is 23.0 Å². The van der Waals surface area contributed by atoms with Gasteiger partial charge in [0.1, 0.15) is 0 Å². The van der Waals surface area contributed by atoms with Gasteiger partial charge in [-0.05, 0) is 29.8 Å². The lowest BCUT2D eigenvalue weighted by Gasteiger charge is -2.12. The summed E-state index contributed by atoms with van der Waals surface area (Å²) in [5, 5.41) is 0. The van der Waals surface area contributed by atoms with Gasteiger partial charge in [0.05, 0.1) is 14.2 Å². The first kappa shape index (κ1) is 14.8. The number of carbonyl (C=O) groups excluding carboxylic acids is 1. The highest BCUT2D eigenvalue weighted by atomic mass is 32.2. The van der Waals surface area contributed by atoms with Crippen molar-refractivity contribution in [2.24, 2.45) is 0 Å². The first-order valence-electron chi connectivity index (χ1n) is 6.46. The number of hydrogen-bond donors (Lipinski definition) is 0. The number of hydrogen-bond acceptors (Lipinski definition) is 4. The molecule has 1 heterocycles. The summed E-state index contributed by atoms with van der Waals surface area (Å²) in [6.45, 7) is 0. The molecule has 3 rings (SSSR count). The van der Waals surface area contributed by atoms with E-state index in [4.69, 9.17) is 9.47 Å². The lowest BCUT2D eigenvalue weighted by Crippen LogP contribution is -2.06. The van der Waals surface area contributed by atoms with Gasteiger partial charge in [0.15, 0.2) is 28.9 Å². The number of fused-ring (bicyclic) bond motifs is 2. The monoisotopic (exact) mass is 322 g/mol. The summed E-state index contributed by atoms with van der Waals surface area (Å²) in [5.41, 5.74) is 1.05. The predicted octanol–water partition coefficient (Wildman–Crippen LogP) is 3.82. The zero-order valence-corrected chi connectivity index (χ0v) is 12.7. The second-order valence-corrected chi connectivity index (χ2v) is 5.76. The Morgan fingerprint density at radius 3 is 2.27 bits per heavy atom. The Hall–Kier alpha value is -2.08. The first-order chi connectivity index (χ1) is 10.5. The van der Waals surface area contributed by atoms with E-state index in [1.165, 1.54) is 26.0 Å². The van der Waals surface area contributed by atoms with E-state index in [-0.39, 0.29) is 11.3 Å². The largest absolute Gasteiger partial charge is 0.493 e. The number of ether oxygens (including phenoxy) is 2. The van der Waals surface area contributed by atoms with Crippen molar-refractivity contribution in [1.29, 1.82) is 0 Å². The Kier molecular flexibility index (Phi) is 3.78. The van der Waals surface area contributed by atoms with Gasteiger partial charge < -0.3 is 9.47 Å². The Morgan fingerprint density at radius 1 is 0.955 bits per heavy atom. The molecule has 114 valence electrons. The van der Waals surface area contributed by atoms with Crippen LogP contribution in [0, 0.1) is 11.6 Å². The summed E-state index contributed by atoms with van der Waals surface area (Å²) < 4.78 is 37.3. The number of methoxy groups -OCH3 is 2. The second-order valence-electron chi connectivity index (χ2n) is 4.74. The highest BCUT2D eigenvalue weighted by molar-refractivity contribution is 7.98. The van der Waals surface area contributed by atoms with Crippen LogP contribution in [0.1, 0.15) is 21.5 Å². The van der Waals surface area contributed by atoms with Crippen LogP contribution >= 0.6 is 11.8 Å². The predicted molar refractivity (Wildman–Crippen MR) is 78.9 cm³/mol. The van der Waals surface area contributed by atoms with Crippen LogP contribution in [0.25, 0.3) is 0 Å². The molecule has 0 amide bonds. The zero-order valence-electron chi connectivity index (χ0n) is 11.9. The minimum atomic E-state index is -1.03. The van der Waals surface area contributed by atoms with Gasteiger partial charge in [-0.25, -0.2) is 8.78 Å². The maximum Gasteiger partial charge on any atom is 0.194 e. The molecule has 0 radical (unpaired) electrons. The van der Waals surface area contributed by atoms with E-state index in [1.54, 1.807) is 12.1 Å². The van der Waals surface area contributed by atoms with Gasteiger partial charge in [0, 0.05) is 21.8 Å². The normalized spacial score (nSPS) is 13.2. The molecule has 0 N–H and O–H groups in total. The molecule has 2 aromatic carbocycles. The van der Waals surface area contributed by atoms with Crippen LogP contribution < -0.4 is 9.47 Å². The molecule has 2 aromatic rings. The maximum absolute atomic E-state index is 13.5. The molecule has 1 aliphatic rings. The summed E-state index contributed by atoms with van der Waals surface area (Å²) in [4.78, 5) is 13.4. The molecule has 0 atom stereocenters. The molecular weight excluding hydrogens is 310 g/mol. The number of rotatable bonds is 2. The fourth-order valence-electron chi connectivity index (χ4n) is 2.38. The van der Waals surface area contributed by atoms with E-state index in [0.29, 0.717) is 33.3 Å². The minimum Gasteiger partial charge on any atom is -0.493 e. The fourth-order valence-corrected chi connectivity index (χ4v) is 3.42. The van der Waals surface area contributed by atoms with Gasteiger partial charge in [-0.1, -0.05) is 0 Å². The fraction of sp³-hybridized carbons (Fsp3) is 0.188. The van der Waals surface area contributed by atoms with E-state index in [0.717, 1.165) is 12.1 Å². The third-order valence-corrected chi connectivity index (χ3v) is 4.61. The molecule has 22 heavy (non-hydrogen) atoms. The first-order valence-corrected chi connectivity index (χ1v) is 7.45. The highest BCUT2D eigenvalue weighted by Crippen LogP contribution is 2.40. The summed E-state index contributed by atoms with van der Waals surface area (Å²) in [6.07, 6.45) is 0. The standard InChI is InChI=1S/C16H12F2O3S/c1-20-13-5-10-15(6-14(13)21-2)22-7-8-3-11(17)12(18)4-9(8)16(10)19/h3-6H,7H2,1-2H3. The van der Waals surface area contributed by atoms with Crippen molar-refractivity contribution in [3.05, 3.63) is 52.6 Å². The summed E-state index contributed by atoms with van der Waals surface area (Å²) in [5.74, 6) is -1.03.